The number of rotatable bonds is 6. The molecule has 1 aliphatic rings. The quantitative estimate of drug-likeness (QED) is 0.375. The number of unbranched alkanes of at least 4 members (excludes halogenated alkanes) is 2. The Labute approximate surface area is 166 Å². The Morgan fingerprint density at radius 1 is 0.778 bits per heavy atom. The van der Waals surface area contributed by atoms with Crippen molar-refractivity contribution in [3.8, 4) is 11.8 Å². The summed E-state index contributed by atoms with van der Waals surface area (Å²) in [7, 11) is 0. The fraction of sp³-hybridized carbons (Fsp3) is 0.481. The maximum absolute atomic E-state index is 3.55. The molecule has 0 unspecified atom stereocenters. The largest absolute Gasteiger partial charge is 0.0945 e. The molecule has 1 fully saturated rings. The van der Waals surface area contributed by atoms with Crippen molar-refractivity contribution in [2.45, 2.75) is 77.6 Å². The highest BCUT2D eigenvalue weighted by Crippen LogP contribution is 2.35. The topological polar surface area (TPSA) is 0 Å². The standard InChI is InChI=1S/C27H34/c1-3-5-6-7-23-8-10-24(11-9-23)12-13-25-16-20-27(21-17-25)26-18-14-22(4-2)15-19-26/h8-11,14-15,18-19,25,27H,3-7,16-17,20-21H2,1-2H3/t25-,27-. The summed E-state index contributed by atoms with van der Waals surface area (Å²) in [4.78, 5) is 0. The third kappa shape index (κ3) is 6.00. The molecule has 0 amide bonds. The van der Waals surface area contributed by atoms with E-state index in [9.17, 15) is 0 Å². The molecule has 0 atom stereocenters. The van der Waals surface area contributed by atoms with Crippen molar-refractivity contribution in [2.75, 3.05) is 0 Å². The van der Waals surface area contributed by atoms with E-state index in [0.29, 0.717) is 5.92 Å². The highest BCUT2D eigenvalue weighted by Gasteiger charge is 2.21. The average Bonchev–Trinajstić information content (AvgIpc) is 2.74. The van der Waals surface area contributed by atoms with Crippen LogP contribution in [0.15, 0.2) is 48.5 Å². The first kappa shape index (κ1) is 19.8. The van der Waals surface area contributed by atoms with Gasteiger partial charge in [-0.3, -0.25) is 0 Å². The van der Waals surface area contributed by atoms with Gasteiger partial charge in [-0.25, -0.2) is 0 Å². The van der Waals surface area contributed by atoms with Crippen LogP contribution in [-0.2, 0) is 12.8 Å². The summed E-state index contributed by atoms with van der Waals surface area (Å²) in [6.45, 7) is 4.48. The molecule has 1 saturated carbocycles. The molecule has 0 radical (unpaired) electrons. The zero-order chi connectivity index (χ0) is 18.9. The minimum atomic E-state index is 0.570. The molecule has 27 heavy (non-hydrogen) atoms. The van der Waals surface area contributed by atoms with Gasteiger partial charge in [0, 0.05) is 11.5 Å². The van der Waals surface area contributed by atoms with Crippen LogP contribution in [0.2, 0.25) is 0 Å². The Morgan fingerprint density at radius 3 is 2.07 bits per heavy atom. The third-order valence-corrected chi connectivity index (χ3v) is 6.03. The first-order valence-corrected chi connectivity index (χ1v) is 11.0. The summed E-state index contributed by atoms with van der Waals surface area (Å²) in [6.07, 6.45) is 11.3. The lowest BCUT2D eigenvalue weighted by Gasteiger charge is -2.26. The van der Waals surface area contributed by atoms with Crippen molar-refractivity contribution in [2.24, 2.45) is 5.92 Å². The predicted molar refractivity (Wildman–Crippen MR) is 117 cm³/mol. The fourth-order valence-electron chi connectivity index (χ4n) is 4.12. The molecule has 2 aromatic carbocycles. The first-order valence-electron chi connectivity index (χ1n) is 11.0. The molecule has 2 aromatic rings. The summed E-state index contributed by atoms with van der Waals surface area (Å²) in [5.41, 5.74) is 5.59. The molecule has 0 bridgehead atoms. The van der Waals surface area contributed by atoms with E-state index in [1.807, 2.05) is 0 Å². The fourth-order valence-corrected chi connectivity index (χ4v) is 4.12. The minimum absolute atomic E-state index is 0.570. The van der Waals surface area contributed by atoms with E-state index in [1.165, 1.54) is 73.6 Å². The molecule has 0 saturated heterocycles. The average molecular weight is 359 g/mol. The van der Waals surface area contributed by atoms with Gasteiger partial charge in [-0.05, 0) is 79.7 Å². The van der Waals surface area contributed by atoms with Crippen molar-refractivity contribution < 1.29 is 0 Å². The van der Waals surface area contributed by atoms with E-state index in [2.05, 4.69) is 74.2 Å². The maximum atomic E-state index is 3.55. The van der Waals surface area contributed by atoms with Crippen molar-refractivity contribution >= 4 is 0 Å². The van der Waals surface area contributed by atoms with Gasteiger partial charge in [-0.2, -0.15) is 0 Å². The van der Waals surface area contributed by atoms with Gasteiger partial charge in [-0.1, -0.05) is 74.9 Å². The van der Waals surface area contributed by atoms with Gasteiger partial charge in [0.2, 0.25) is 0 Å². The zero-order valence-corrected chi connectivity index (χ0v) is 17.1. The smallest absolute Gasteiger partial charge is 0.0245 e. The lowest BCUT2D eigenvalue weighted by Crippen LogP contribution is -2.12. The van der Waals surface area contributed by atoms with Crippen LogP contribution in [0.5, 0.6) is 0 Å². The van der Waals surface area contributed by atoms with E-state index in [1.54, 1.807) is 0 Å². The van der Waals surface area contributed by atoms with Crippen molar-refractivity contribution in [3.05, 3.63) is 70.8 Å². The Kier molecular flexibility index (Phi) is 7.58. The highest BCUT2D eigenvalue weighted by molar-refractivity contribution is 5.37. The summed E-state index contributed by atoms with van der Waals surface area (Å²) < 4.78 is 0. The van der Waals surface area contributed by atoms with E-state index in [0.717, 1.165) is 12.3 Å². The molecule has 0 spiro atoms. The molecule has 1 aliphatic carbocycles. The SMILES string of the molecule is CCCCCc1ccc(C#C[C@H]2CC[C@H](c3ccc(CC)cc3)CC2)cc1. The van der Waals surface area contributed by atoms with Crippen LogP contribution in [0.4, 0.5) is 0 Å². The van der Waals surface area contributed by atoms with E-state index >= 15 is 0 Å². The van der Waals surface area contributed by atoms with Crippen LogP contribution in [0.25, 0.3) is 0 Å². The monoisotopic (exact) mass is 358 g/mol. The van der Waals surface area contributed by atoms with Crippen LogP contribution in [-0.4, -0.2) is 0 Å². The molecule has 0 heterocycles. The van der Waals surface area contributed by atoms with Crippen LogP contribution >= 0.6 is 0 Å². The normalized spacial score (nSPS) is 19.3. The predicted octanol–water partition coefficient (Wildman–Crippen LogP) is 7.31. The maximum Gasteiger partial charge on any atom is 0.0245 e. The molecule has 142 valence electrons. The van der Waals surface area contributed by atoms with Crippen molar-refractivity contribution in [1.82, 2.24) is 0 Å². The van der Waals surface area contributed by atoms with Gasteiger partial charge >= 0.3 is 0 Å². The second kappa shape index (κ2) is 10.4. The molecule has 0 heteroatoms. The lowest BCUT2D eigenvalue weighted by atomic mass is 9.79. The second-order valence-electron chi connectivity index (χ2n) is 8.07. The van der Waals surface area contributed by atoms with Crippen molar-refractivity contribution in [3.63, 3.8) is 0 Å². The van der Waals surface area contributed by atoms with E-state index in [-0.39, 0.29) is 0 Å². The van der Waals surface area contributed by atoms with Gasteiger partial charge < -0.3 is 0 Å². The van der Waals surface area contributed by atoms with Gasteiger partial charge in [0.25, 0.3) is 0 Å². The molecular weight excluding hydrogens is 324 g/mol. The molecule has 0 nitrogen and oxygen atoms in total. The van der Waals surface area contributed by atoms with Gasteiger partial charge in [0.15, 0.2) is 0 Å². The number of benzene rings is 2. The minimum Gasteiger partial charge on any atom is -0.0945 e. The Hall–Kier alpha value is -2.00. The second-order valence-corrected chi connectivity index (χ2v) is 8.07. The lowest BCUT2D eigenvalue weighted by molar-refractivity contribution is 0.384. The molecule has 0 aromatic heterocycles. The number of aryl methyl sites for hydroxylation is 2. The van der Waals surface area contributed by atoms with Gasteiger partial charge in [0.05, 0.1) is 0 Å². The molecule has 3 rings (SSSR count). The summed E-state index contributed by atoms with van der Waals surface area (Å²) in [5, 5.41) is 0. The summed E-state index contributed by atoms with van der Waals surface area (Å²) in [5.74, 6) is 8.28. The Bertz CT molecular complexity index is 731. The number of hydrogen-bond donors (Lipinski definition) is 0. The van der Waals surface area contributed by atoms with Crippen LogP contribution < -0.4 is 0 Å². The molecular formula is C27H34. The Balaban J connectivity index is 1.49. The van der Waals surface area contributed by atoms with Gasteiger partial charge in [-0.15, -0.1) is 0 Å². The summed E-state index contributed by atoms with van der Waals surface area (Å²) in [6, 6.07) is 18.2. The third-order valence-electron chi connectivity index (χ3n) is 6.03. The highest BCUT2D eigenvalue weighted by atomic mass is 14.2. The number of hydrogen-bond acceptors (Lipinski definition) is 0. The van der Waals surface area contributed by atoms with E-state index in [4.69, 9.17) is 0 Å². The Morgan fingerprint density at radius 2 is 1.44 bits per heavy atom. The first-order chi connectivity index (χ1) is 13.3. The van der Waals surface area contributed by atoms with Crippen LogP contribution in [0, 0.1) is 17.8 Å². The summed E-state index contributed by atoms with van der Waals surface area (Å²) >= 11 is 0. The van der Waals surface area contributed by atoms with E-state index < -0.39 is 0 Å². The zero-order valence-electron chi connectivity index (χ0n) is 17.1. The van der Waals surface area contributed by atoms with Crippen LogP contribution in [0.1, 0.15) is 87.0 Å². The van der Waals surface area contributed by atoms with Crippen LogP contribution in [0.3, 0.4) is 0 Å². The molecule has 0 aliphatic heterocycles. The van der Waals surface area contributed by atoms with Crippen molar-refractivity contribution in [1.29, 1.82) is 0 Å². The van der Waals surface area contributed by atoms with Gasteiger partial charge in [0.1, 0.15) is 0 Å². The molecule has 0 N–H and O–H groups in total.